The van der Waals surface area contributed by atoms with Gasteiger partial charge >= 0.3 is 0 Å². The van der Waals surface area contributed by atoms with Crippen LogP contribution in [0.2, 0.25) is 0 Å². The lowest BCUT2D eigenvalue weighted by Crippen LogP contribution is -2.46. The summed E-state index contributed by atoms with van der Waals surface area (Å²) in [5.74, 6) is 0.951. The number of benzene rings is 1. The van der Waals surface area contributed by atoms with Crippen molar-refractivity contribution in [2.75, 3.05) is 19.6 Å². The molecule has 148 valence electrons. The van der Waals surface area contributed by atoms with E-state index in [4.69, 9.17) is 0 Å². The van der Waals surface area contributed by atoms with Crippen LogP contribution in [0.25, 0.3) is 0 Å². The lowest BCUT2D eigenvalue weighted by molar-refractivity contribution is 0.265. The fraction of sp³-hybridized carbons (Fsp3) is 0.632. The lowest BCUT2D eigenvalue weighted by Gasteiger charge is -2.22. The number of aliphatic hydroxyl groups is 1. The average molecular weight is 478 g/mol. The van der Waals surface area contributed by atoms with Gasteiger partial charge in [-0.3, -0.25) is 4.90 Å². The van der Waals surface area contributed by atoms with Crippen molar-refractivity contribution in [2.24, 2.45) is 10.9 Å². The Hall–Kier alpha value is -0.930. The van der Waals surface area contributed by atoms with E-state index < -0.39 is 0 Å². The molecule has 7 heteroatoms. The first-order chi connectivity index (χ1) is 11.9. The predicted octanol–water partition coefficient (Wildman–Crippen LogP) is 2.72. The summed E-state index contributed by atoms with van der Waals surface area (Å²) >= 11 is 0. The number of hydrogen-bond acceptors (Lipinski definition) is 3. The third-order valence-corrected chi connectivity index (χ3v) is 4.74. The van der Waals surface area contributed by atoms with Crippen LogP contribution < -0.4 is 10.6 Å². The van der Waals surface area contributed by atoms with Crippen molar-refractivity contribution in [1.29, 1.82) is 0 Å². The van der Waals surface area contributed by atoms with Crippen LogP contribution in [-0.2, 0) is 13.2 Å². The van der Waals surface area contributed by atoms with Gasteiger partial charge in [0.25, 0.3) is 0 Å². The fourth-order valence-corrected chi connectivity index (χ4v) is 3.13. The van der Waals surface area contributed by atoms with Crippen molar-refractivity contribution in [1.82, 2.24) is 15.5 Å². The van der Waals surface area contributed by atoms with Crippen molar-refractivity contribution in [3.05, 3.63) is 35.1 Å². The molecule has 0 aliphatic carbocycles. The standard InChI is InChI=1S/C19H31FN4O.HI/c1-5-21-19(23-18-11-24(13(2)3)10-14(18)4)22-9-15-6-7-17(20)16(8-15)12-25;/h6-8,13-14,18,25H,5,9-12H2,1-4H3,(H2,21,22,23);1H. The normalized spacial score (nSPS) is 21.0. The van der Waals surface area contributed by atoms with E-state index in [1.54, 1.807) is 12.1 Å². The smallest absolute Gasteiger partial charge is 0.191 e. The number of aliphatic imine (C=N–C) groups is 1. The van der Waals surface area contributed by atoms with E-state index >= 15 is 0 Å². The van der Waals surface area contributed by atoms with Crippen molar-refractivity contribution >= 4 is 29.9 Å². The molecular weight excluding hydrogens is 446 g/mol. The molecule has 5 nitrogen and oxygen atoms in total. The van der Waals surface area contributed by atoms with Crippen LogP contribution in [0.1, 0.15) is 38.8 Å². The molecule has 2 unspecified atom stereocenters. The molecule has 2 atom stereocenters. The van der Waals surface area contributed by atoms with Crippen LogP contribution in [-0.4, -0.2) is 47.7 Å². The Kier molecular flexibility index (Phi) is 9.81. The van der Waals surface area contributed by atoms with Gasteiger partial charge < -0.3 is 15.7 Å². The zero-order valence-electron chi connectivity index (χ0n) is 16.1. The van der Waals surface area contributed by atoms with Gasteiger partial charge in [-0.25, -0.2) is 9.38 Å². The van der Waals surface area contributed by atoms with Gasteiger partial charge in [0.1, 0.15) is 5.82 Å². The minimum absolute atomic E-state index is 0. The summed E-state index contributed by atoms with van der Waals surface area (Å²) in [7, 11) is 0. The van der Waals surface area contributed by atoms with E-state index in [0.29, 0.717) is 30.1 Å². The van der Waals surface area contributed by atoms with Gasteiger partial charge in [0.15, 0.2) is 5.96 Å². The first kappa shape index (κ1) is 23.1. The maximum atomic E-state index is 13.5. The Morgan fingerprint density at radius 2 is 2.12 bits per heavy atom. The molecule has 3 N–H and O–H groups in total. The van der Waals surface area contributed by atoms with Gasteiger partial charge in [0.05, 0.1) is 13.2 Å². The number of halogens is 2. The second-order valence-electron chi connectivity index (χ2n) is 7.05. The molecule has 1 aromatic rings. The molecular formula is C19H32FIN4O. The molecule has 0 spiro atoms. The molecule has 1 aliphatic rings. The summed E-state index contributed by atoms with van der Waals surface area (Å²) in [5, 5.41) is 16.0. The zero-order chi connectivity index (χ0) is 18.4. The predicted molar refractivity (Wildman–Crippen MR) is 115 cm³/mol. The molecule has 0 aromatic heterocycles. The number of hydrogen-bond donors (Lipinski definition) is 3. The van der Waals surface area contributed by atoms with Gasteiger partial charge in [-0.2, -0.15) is 0 Å². The first-order valence-electron chi connectivity index (χ1n) is 9.11. The number of guanidine groups is 1. The Labute approximate surface area is 173 Å². The third kappa shape index (κ3) is 6.35. The van der Waals surface area contributed by atoms with E-state index in [1.807, 2.05) is 6.92 Å². The molecule has 1 saturated heterocycles. The Morgan fingerprint density at radius 1 is 1.38 bits per heavy atom. The molecule has 1 fully saturated rings. The van der Waals surface area contributed by atoms with E-state index in [-0.39, 0.29) is 36.4 Å². The molecule has 2 rings (SSSR count). The SMILES string of the molecule is CCNC(=NCc1ccc(F)c(CO)c1)NC1CN(C(C)C)CC1C.I. The number of likely N-dealkylation sites (tertiary alicyclic amines) is 1. The van der Waals surface area contributed by atoms with Crippen molar-refractivity contribution < 1.29 is 9.50 Å². The number of aliphatic hydroxyl groups excluding tert-OH is 1. The van der Waals surface area contributed by atoms with Crippen LogP contribution in [0.5, 0.6) is 0 Å². The van der Waals surface area contributed by atoms with Crippen LogP contribution in [0.4, 0.5) is 4.39 Å². The maximum absolute atomic E-state index is 13.5. The Morgan fingerprint density at radius 3 is 2.69 bits per heavy atom. The number of nitrogens with one attached hydrogen (secondary N) is 2. The number of rotatable bonds is 6. The minimum Gasteiger partial charge on any atom is -0.392 e. The Balaban J connectivity index is 0.00000338. The third-order valence-electron chi connectivity index (χ3n) is 4.74. The van der Waals surface area contributed by atoms with Crippen LogP contribution in [0.3, 0.4) is 0 Å². The molecule has 26 heavy (non-hydrogen) atoms. The molecule has 1 aliphatic heterocycles. The van der Waals surface area contributed by atoms with Crippen LogP contribution in [0, 0.1) is 11.7 Å². The first-order valence-corrected chi connectivity index (χ1v) is 9.11. The largest absolute Gasteiger partial charge is 0.392 e. The van der Waals surface area contributed by atoms with E-state index in [2.05, 4.69) is 41.3 Å². The highest BCUT2D eigenvalue weighted by Gasteiger charge is 2.31. The van der Waals surface area contributed by atoms with Gasteiger partial charge in [0, 0.05) is 37.3 Å². The van der Waals surface area contributed by atoms with Crippen molar-refractivity contribution in [3.8, 4) is 0 Å². The second-order valence-corrected chi connectivity index (χ2v) is 7.05. The van der Waals surface area contributed by atoms with Crippen molar-refractivity contribution in [2.45, 2.75) is 52.9 Å². The second kappa shape index (κ2) is 11.0. The molecule has 1 heterocycles. The highest BCUT2D eigenvalue weighted by molar-refractivity contribution is 14.0. The molecule has 0 saturated carbocycles. The molecule has 0 bridgehead atoms. The zero-order valence-corrected chi connectivity index (χ0v) is 18.5. The van der Waals surface area contributed by atoms with Crippen molar-refractivity contribution in [3.63, 3.8) is 0 Å². The average Bonchev–Trinajstić information content (AvgIpc) is 2.95. The van der Waals surface area contributed by atoms with Crippen LogP contribution in [0.15, 0.2) is 23.2 Å². The number of nitrogens with zero attached hydrogens (tertiary/aromatic N) is 2. The van der Waals surface area contributed by atoms with Crippen LogP contribution >= 0.6 is 24.0 Å². The highest BCUT2D eigenvalue weighted by Crippen LogP contribution is 2.18. The summed E-state index contributed by atoms with van der Waals surface area (Å²) in [6, 6.07) is 5.67. The topological polar surface area (TPSA) is 59.9 Å². The molecule has 1 aromatic carbocycles. The monoisotopic (exact) mass is 478 g/mol. The van der Waals surface area contributed by atoms with E-state index in [9.17, 15) is 9.50 Å². The van der Waals surface area contributed by atoms with Gasteiger partial charge in [-0.05, 0) is 44.4 Å². The fourth-order valence-electron chi connectivity index (χ4n) is 3.13. The van der Waals surface area contributed by atoms with E-state index in [1.165, 1.54) is 6.07 Å². The summed E-state index contributed by atoms with van der Waals surface area (Å²) in [5.41, 5.74) is 1.19. The molecule has 0 radical (unpaired) electrons. The lowest BCUT2D eigenvalue weighted by atomic mass is 10.1. The summed E-state index contributed by atoms with van der Waals surface area (Å²) in [6.45, 7) is 11.8. The van der Waals surface area contributed by atoms with Gasteiger partial charge in [0.2, 0.25) is 0 Å². The quantitative estimate of drug-likeness (QED) is 0.335. The maximum Gasteiger partial charge on any atom is 0.191 e. The minimum atomic E-state index is -0.381. The summed E-state index contributed by atoms with van der Waals surface area (Å²) in [6.07, 6.45) is 0. The van der Waals surface area contributed by atoms with E-state index in [0.717, 1.165) is 31.2 Å². The highest BCUT2D eigenvalue weighted by atomic mass is 127. The van der Waals surface area contributed by atoms with Gasteiger partial charge in [-0.1, -0.05) is 13.0 Å². The summed E-state index contributed by atoms with van der Waals surface area (Å²) < 4.78 is 13.5. The summed E-state index contributed by atoms with van der Waals surface area (Å²) in [4.78, 5) is 7.10. The molecule has 0 amide bonds. The Bertz CT molecular complexity index is 597. The van der Waals surface area contributed by atoms with Gasteiger partial charge in [-0.15, -0.1) is 24.0 Å².